The van der Waals surface area contributed by atoms with E-state index in [1.54, 1.807) is 0 Å². The Hall–Kier alpha value is -1.39. The summed E-state index contributed by atoms with van der Waals surface area (Å²) >= 11 is 0. The lowest BCUT2D eigenvalue weighted by Gasteiger charge is -2.51. The van der Waals surface area contributed by atoms with Crippen LogP contribution in [0.5, 0.6) is 0 Å². The highest BCUT2D eigenvalue weighted by Crippen LogP contribution is 2.32. The Kier molecular flexibility index (Phi) is 3.52. The number of hydrogen-bond donors (Lipinski definition) is 1. The summed E-state index contributed by atoms with van der Waals surface area (Å²) < 4.78 is 5.48. The number of aliphatic carboxylic acids is 1. The van der Waals surface area contributed by atoms with Crippen LogP contribution in [0.3, 0.4) is 0 Å². The average Bonchev–Trinajstić information content (AvgIpc) is 2.41. The molecule has 0 saturated carbocycles. The lowest BCUT2D eigenvalue weighted by Crippen LogP contribution is -2.65. The van der Waals surface area contributed by atoms with Crippen LogP contribution in [0.1, 0.15) is 24.5 Å². The van der Waals surface area contributed by atoms with Crippen LogP contribution >= 0.6 is 0 Å². The van der Waals surface area contributed by atoms with Crippen molar-refractivity contribution in [1.82, 2.24) is 4.90 Å². The van der Waals surface area contributed by atoms with Crippen LogP contribution in [0.15, 0.2) is 24.3 Å². The highest BCUT2D eigenvalue weighted by atomic mass is 16.5. The van der Waals surface area contributed by atoms with Gasteiger partial charge in [0.25, 0.3) is 0 Å². The van der Waals surface area contributed by atoms with E-state index in [9.17, 15) is 4.79 Å². The number of benzene rings is 1. The number of carboxylic acid groups (broad SMARTS) is 1. The second-order valence-electron chi connectivity index (χ2n) is 6.20. The zero-order chi connectivity index (χ0) is 14.2. The van der Waals surface area contributed by atoms with Crippen molar-refractivity contribution in [3.05, 3.63) is 35.4 Å². The molecule has 0 aromatic heterocycles. The lowest BCUT2D eigenvalue weighted by molar-refractivity contribution is -0.170. The summed E-state index contributed by atoms with van der Waals surface area (Å²) in [5.74, 6) is -0.892. The van der Waals surface area contributed by atoms with E-state index in [1.165, 1.54) is 17.5 Å². The van der Waals surface area contributed by atoms with E-state index >= 15 is 0 Å². The van der Waals surface area contributed by atoms with Crippen LogP contribution in [0.2, 0.25) is 0 Å². The quantitative estimate of drug-likeness (QED) is 0.909. The Morgan fingerprint density at radius 1 is 1.40 bits per heavy atom. The van der Waals surface area contributed by atoms with Crippen LogP contribution in [-0.2, 0) is 22.4 Å². The molecular weight excluding hydrogens is 254 g/mol. The predicted molar refractivity (Wildman–Crippen MR) is 75.8 cm³/mol. The molecule has 4 nitrogen and oxygen atoms in total. The van der Waals surface area contributed by atoms with Crippen LogP contribution in [0.25, 0.3) is 0 Å². The molecule has 0 radical (unpaired) electrons. The molecule has 20 heavy (non-hydrogen) atoms. The first-order valence-electron chi connectivity index (χ1n) is 7.22. The molecule has 1 aliphatic heterocycles. The smallest absolute Gasteiger partial charge is 0.329 e. The fourth-order valence-corrected chi connectivity index (χ4v) is 3.39. The Morgan fingerprint density at radius 2 is 2.10 bits per heavy atom. The number of carboxylic acids is 1. The van der Waals surface area contributed by atoms with E-state index in [-0.39, 0.29) is 12.2 Å². The average molecular weight is 275 g/mol. The van der Waals surface area contributed by atoms with Crippen molar-refractivity contribution >= 4 is 5.97 Å². The van der Waals surface area contributed by atoms with Gasteiger partial charge in [0.1, 0.15) is 6.61 Å². The normalized spacial score (nSPS) is 24.8. The Morgan fingerprint density at radius 3 is 2.80 bits per heavy atom. The molecule has 1 fully saturated rings. The number of nitrogens with zero attached hydrogens (tertiary/aromatic N) is 1. The molecule has 2 aliphatic rings. The molecule has 1 N–H and O–H groups in total. The van der Waals surface area contributed by atoms with Crippen molar-refractivity contribution in [3.63, 3.8) is 0 Å². The monoisotopic (exact) mass is 275 g/mol. The number of fused-ring (bicyclic) bond motifs is 1. The molecule has 1 saturated heterocycles. The molecule has 108 valence electrons. The van der Waals surface area contributed by atoms with Gasteiger partial charge in [-0.3, -0.25) is 4.90 Å². The Bertz CT molecular complexity index is 508. The summed E-state index contributed by atoms with van der Waals surface area (Å²) in [6.45, 7) is 3.49. The SMILES string of the molecule is CC1(OCC(=O)O)CN(C2CCc3ccccc3C2)C1. The van der Waals surface area contributed by atoms with E-state index in [0.717, 1.165) is 25.9 Å². The molecular formula is C16H21NO3. The minimum Gasteiger partial charge on any atom is -0.480 e. The third-order valence-corrected chi connectivity index (χ3v) is 4.46. The van der Waals surface area contributed by atoms with Gasteiger partial charge in [0.15, 0.2) is 0 Å². The number of ether oxygens (including phenoxy) is 1. The zero-order valence-corrected chi connectivity index (χ0v) is 11.8. The van der Waals surface area contributed by atoms with E-state index in [2.05, 4.69) is 29.2 Å². The summed E-state index contributed by atoms with van der Waals surface area (Å²) in [4.78, 5) is 13.0. The maximum atomic E-state index is 10.6. The Labute approximate surface area is 119 Å². The Balaban J connectivity index is 1.55. The van der Waals surface area contributed by atoms with Gasteiger partial charge in [0.05, 0.1) is 5.60 Å². The van der Waals surface area contributed by atoms with Crippen LogP contribution in [0.4, 0.5) is 0 Å². The summed E-state index contributed by atoms with van der Waals surface area (Å²) in [6.07, 6.45) is 3.43. The van der Waals surface area contributed by atoms with Gasteiger partial charge in [-0.25, -0.2) is 4.79 Å². The summed E-state index contributed by atoms with van der Waals surface area (Å²) in [6, 6.07) is 9.24. The minimum absolute atomic E-state index is 0.197. The largest absolute Gasteiger partial charge is 0.480 e. The molecule has 4 heteroatoms. The lowest BCUT2D eigenvalue weighted by atomic mass is 9.84. The second kappa shape index (κ2) is 5.19. The first-order chi connectivity index (χ1) is 9.56. The van der Waals surface area contributed by atoms with Crippen molar-refractivity contribution in [2.75, 3.05) is 19.7 Å². The first kappa shape index (κ1) is 13.6. The number of likely N-dealkylation sites (tertiary alicyclic amines) is 1. The number of carbonyl (C=O) groups is 1. The van der Waals surface area contributed by atoms with Crippen molar-refractivity contribution < 1.29 is 14.6 Å². The van der Waals surface area contributed by atoms with Crippen molar-refractivity contribution in [2.45, 2.75) is 37.8 Å². The topological polar surface area (TPSA) is 49.8 Å². The van der Waals surface area contributed by atoms with Gasteiger partial charge in [-0.15, -0.1) is 0 Å². The fourth-order valence-electron chi connectivity index (χ4n) is 3.39. The molecule has 1 aromatic rings. The van der Waals surface area contributed by atoms with Crippen LogP contribution < -0.4 is 0 Å². The molecule has 1 aromatic carbocycles. The van der Waals surface area contributed by atoms with E-state index in [0.29, 0.717) is 6.04 Å². The number of rotatable bonds is 4. The highest BCUT2D eigenvalue weighted by molar-refractivity contribution is 5.68. The molecule has 0 spiro atoms. The van der Waals surface area contributed by atoms with Gasteiger partial charge in [-0.2, -0.15) is 0 Å². The minimum atomic E-state index is -0.892. The predicted octanol–water partition coefficient (Wildman–Crippen LogP) is 1.72. The second-order valence-corrected chi connectivity index (χ2v) is 6.20. The molecule has 1 atom stereocenters. The van der Waals surface area contributed by atoms with Gasteiger partial charge in [-0.05, 0) is 37.3 Å². The molecule has 3 rings (SSSR count). The summed E-state index contributed by atoms with van der Waals surface area (Å²) in [5, 5.41) is 8.68. The van der Waals surface area contributed by atoms with E-state index in [1.807, 2.05) is 6.92 Å². The number of hydrogen-bond acceptors (Lipinski definition) is 3. The molecule has 1 unspecified atom stereocenters. The van der Waals surface area contributed by atoms with Gasteiger partial charge < -0.3 is 9.84 Å². The van der Waals surface area contributed by atoms with Crippen molar-refractivity contribution in [3.8, 4) is 0 Å². The maximum absolute atomic E-state index is 10.6. The fraction of sp³-hybridized carbons (Fsp3) is 0.562. The molecule has 0 amide bonds. The zero-order valence-electron chi connectivity index (χ0n) is 11.8. The van der Waals surface area contributed by atoms with Crippen LogP contribution in [-0.4, -0.2) is 47.3 Å². The van der Waals surface area contributed by atoms with Gasteiger partial charge in [0.2, 0.25) is 0 Å². The molecule has 0 bridgehead atoms. The van der Waals surface area contributed by atoms with Crippen molar-refractivity contribution in [1.29, 1.82) is 0 Å². The van der Waals surface area contributed by atoms with E-state index < -0.39 is 5.97 Å². The van der Waals surface area contributed by atoms with Crippen molar-refractivity contribution in [2.24, 2.45) is 0 Å². The third kappa shape index (κ3) is 2.72. The van der Waals surface area contributed by atoms with Crippen LogP contribution in [0, 0.1) is 0 Å². The number of aryl methyl sites for hydroxylation is 1. The maximum Gasteiger partial charge on any atom is 0.329 e. The first-order valence-corrected chi connectivity index (χ1v) is 7.22. The highest BCUT2D eigenvalue weighted by Gasteiger charge is 2.43. The van der Waals surface area contributed by atoms with E-state index in [4.69, 9.17) is 9.84 Å². The van der Waals surface area contributed by atoms with Gasteiger partial charge >= 0.3 is 5.97 Å². The summed E-state index contributed by atoms with van der Waals surface area (Å²) in [7, 11) is 0. The third-order valence-electron chi connectivity index (χ3n) is 4.46. The summed E-state index contributed by atoms with van der Waals surface area (Å²) in [5.41, 5.74) is 2.66. The molecule has 1 aliphatic carbocycles. The van der Waals surface area contributed by atoms with Gasteiger partial charge in [0, 0.05) is 19.1 Å². The standard InChI is InChI=1S/C16H21NO3/c1-16(20-9-15(18)19)10-17(11-16)14-7-6-12-4-2-3-5-13(12)8-14/h2-5,14H,6-11H2,1H3,(H,18,19). The molecule has 1 heterocycles. The van der Waals surface area contributed by atoms with Gasteiger partial charge in [-0.1, -0.05) is 24.3 Å².